The zero-order valence-corrected chi connectivity index (χ0v) is 7.03. The van der Waals surface area contributed by atoms with Crippen LogP contribution in [-0.4, -0.2) is 18.3 Å². The topological polar surface area (TPSA) is 87.7 Å². The van der Waals surface area contributed by atoms with E-state index in [0.717, 1.165) is 0 Å². The highest BCUT2D eigenvalue weighted by Gasteiger charge is 2.01. The molecule has 4 N–H and O–H groups in total. The summed E-state index contributed by atoms with van der Waals surface area (Å²) in [7, 11) is 0. The maximum absolute atomic E-state index is 10.3. The molecule has 0 amide bonds. The fraction of sp³-hybridized carbons (Fsp3) is 0.250. The Labute approximate surface area is 75.5 Å². The van der Waals surface area contributed by atoms with E-state index >= 15 is 0 Å². The van der Waals surface area contributed by atoms with E-state index in [2.05, 4.69) is 10.5 Å². The van der Waals surface area contributed by atoms with Crippen molar-refractivity contribution in [2.24, 2.45) is 5.18 Å². The van der Waals surface area contributed by atoms with Crippen molar-refractivity contribution >= 4 is 17.1 Å². The third kappa shape index (κ3) is 2.41. The minimum Gasteiger partial charge on any atom is -0.399 e. The van der Waals surface area contributed by atoms with Crippen LogP contribution in [0.2, 0.25) is 0 Å². The highest BCUT2D eigenvalue weighted by Crippen LogP contribution is 2.26. The highest BCUT2D eigenvalue weighted by atomic mass is 16.3. The van der Waals surface area contributed by atoms with Gasteiger partial charge in [-0.2, -0.15) is 0 Å². The predicted octanol–water partition coefficient (Wildman–Crippen LogP) is 1.07. The van der Waals surface area contributed by atoms with E-state index in [1.165, 1.54) is 6.07 Å². The summed E-state index contributed by atoms with van der Waals surface area (Å²) in [5.41, 5.74) is 6.79. The Hall–Kier alpha value is -1.62. The largest absolute Gasteiger partial charge is 0.399 e. The number of nitrogen functional groups attached to an aromatic ring is 1. The standard InChI is InChI=1S/C8H11N3O2/c9-6-1-2-7(10-3-4-12)8(5-6)11-13/h1-2,5,10,12H,3-4,9H2. The van der Waals surface area contributed by atoms with Gasteiger partial charge in [0.15, 0.2) is 0 Å². The molecule has 0 aliphatic rings. The van der Waals surface area contributed by atoms with Crippen molar-refractivity contribution in [1.82, 2.24) is 0 Å². The van der Waals surface area contributed by atoms with Crippen molar-refractivity contribution in [3.05, 3.63) is 23.1 Å². The lowest BCUT2D eigenvalue weighted by molar-refractivity contribution is 0.311. The molecule has 0 fully saturated rings. The molecule has 0 bridgehead atoms. The highest BCUT2D eigenvalue weighted by molar-refractivity contribution is 5.69. The molecule has 1 aromatic rings. The average Bonchev–Trinajstić information content (AvgIpc) is 2.16. The van der Waals surface area contributed by atoms with Crippen molar-refractivity contribution in [3.63, 3.8) is 0 Å². The molecule has 0 saturated carbocycles. The Balaban J connectivity index is 2.86. The fourth-order valence-corrected chi connectivity index (χ4v) is 0.964. The van der Waals surface area contributed by atoms with Crippen LogP contribution in [0.1, 0.15) is 0 Å². The molecule has 0 aliphatic carbocycles. The first-order chi connectivity index (χ1) is 6.27. The van der Waals surface area contributed by atoms with Crippen LogP contribution in [0, 0.1) is 4.91 Å². The third-order valence-corrected chi connectivity index (χ3v) is 1.55. The Morgan fingerprint density at radius 1 is 1.54 bits per heavy atom. The van der Waals surface area contributed by atoms with E-state index in [4.69, 9.17) is 10.8 Å². The molecule has 13 heavy (non-hydrogen) atoms. The maximum atomic E-state index is 10.3. The van der Waals surface area contributed by atoms with Gasteiger partial charge in [0.25, 0.3) is 0 Å². The van der Waals surface area contributed by atoms with Crippen molar-refractivity contribution in [2.45, 2.75) is 0 Å². The van der Waals surface area contributed by atoms with Crippen LogP contribution >= 0.6 is 0 Å². The van der Waals surface area contributed by atoms with Gasteiger partial charge < -0.3 is 16.2 Å². The number of hydrogen-bond acceptors (Lipinski definition) is 5. The van der Waals surface area contributed by atoms with E-state index in [1.54, 1.807) is 12.1 Å². The average molecular weight is 181 g/mol. The molecular weight excluding hydrogens is 170 g/mol. The molecule has 0 radical (unpaired) electrons. The van der Waals surface area contributed by atoms with E-state index in [1.807, 2.05) is 0 Å². The lowest BCUT2D eigenvalue weighted by Crippen LogP contribution is -2.05. The lowest BCUT2D eigenvalue weighted by Gasteiger charge is -2.06. The summed E-state index contributed by atoms with van der Waals surface area (Å²) in [5, 5.41) is 14.2. The molecule has 0 atom stereocenters. The Morgan fingerprint density at radius 2 is 2.31 bits per heavy atom. The summed E-state index contributed by atoms with van der Waals surface area (Å²) >= 11 is 0. The number of anilines is 2. The fourth-order valence-electron chi connectivity index (χ4n) is 0.964. The summed E-state index contributed by atoms with van der Waals surface area (Å²) in [6.07, 6.45) is 0. The van der Waals surface area contributed by atoms with Crippen LogP contribution in [-0.2, 0) is 0 Å². The zero-order chi connectivity index (χ0) is 9.68. The molecule has 1 rings (SSSR count). The number of aliphatic hydroxyl groups excluding tert-OH is 1. The number of nitrogens with two attached hydrogens (primary N) is 1. The normalized spacial score (nSPS) is 9.62. The second-order valence-electron chi connectivity index (χ2n) is 2.52. The van der Waals surface area contributed by atoms with Crippen LogP contribution in [0.25, 0.3) is 0 Å². The van der Waals surface area contributed by atoms with E-state index in [0.29, 0.717) is 17.9 Å². The van der Waals surface area contributed by atoms with Crippen LogP contribution in [0.4, 0.5) is 17.1 Å². The Bertz CT molecular complexity index is 301. The van der Waals surface area contributed by atoms with E-state index in [-0.39, 0.29) is 12.3 Å². The van der Waals surface area contributed by atoms with Crippen molar-refractivity contribution in [3.8, 4) is 0 Å². The van der Waals surface area contributed by atoms with Gasteiger partial charge in [0, 0.05) is 12.2 Å². The minimum atomic E-state index is 0.00265. The molecule has 1 aromatic carbocycles. The Kier molecular flexibility index (Phi) is 3.22. The van der Waals surface area contributed by atoms with Crippen molar-refractivity contribution in [1.29, 1.82) is 0 Å². The number of nitrogens with one attached hydrogen (secondary N) is 1. The van der Waals surface area contributed by atoms with Gasteiger partial charge in [-0.25, -0.2) is 0 Å². The summed E-state index contributed by atoms with van der Waals surface area (Å²) < 4.78 is 0. The number of nitrogens with zero attached hydrogens (tertiary/aromatic N) is 1. The van der Waals surface area contributed by atoms with Gasteiger partial charge in [0.1, 0.15) is 5.69 Å². The molecule has 0 spiro atoms. The number of rotatable bonds is 4. The molecule has 70 valence electrons. The second kappa shape index (κ2) is 4.42. The summed E-state index contributed by atoms with van der Waals surface area (Å²) in [4.78, 5) is 10.3. The predicted molar refractivity (Wildman–Crippen MR) is 51.9 cm³/mol. The number of nitroso groups, excluding NO2 is 1. The molecule has 0 heterocycles. The van der Waals surface area contributed by atoms with Crippen LogP contribution < -0.4 is 11.1 Å². The first-order valence-electron chi connectivity index (χ1n) is 3.85. The zero-order valence-electron chi connectivity index (χ0n) is 7.03. The molecular formula is C8H11N3O2. The van der Waals surface area contributed by atoms with Crippen molar-refractivity contribution in [2.75, 3.05) is 24.2 Å². The SMILES string of the molecule is Nc1ccc(NCCO)c(N=O)c1. The smallest absolute Gasteiger partial charge is 0.133 e. The van der Waals surface area contributed by atoms with Gasteiger partial charge in [0.05, 0.1) is 12.3 Å². The van der Waals surface area contributed by atoms with Gasteiger partial charge in [-0.05, 0) is 23.4 Å². The molecule has 0 aromatic heterocycles. The van der Waals surface area contributed by atoms with Gasteiger partial charge in [-0.1, -0.05) is 0 Å². The monoisotopic (exact) mass is 181 g/mol. The Morgan fingerprint density at radius 3 is 2.92 bits per heavy atom. The molecule has 5 nitrogen and oxygen atoms in total. The molecule has 0 unspecified atom stereocenters. The molecule has 0 saturated heterocycles. The summed E-state index contributed by atoms with van der Waals surface area (Å²) in [6, 6.07) is 4.79. The van der Waals surface area contributed by atoms with Gasteiger partial charge in [-0.3, -0.25) is 0 Å². The quantitative estimate of drug-likeness (QED) is 0.479. The molecule has 0 aliphatic heterocycles. The maximum Gasteiger partial charge on any atom is 0.133 e. The van der Waals surface area contributed by atoms with Crippen LogP contribution in [0.15, 0.2) is 23.4 Å². The van der Waals surface area contributed by atoms with Gasteiger partial charge >= 0.3 is 0 Å². The summed E-state index contributed by atoms with van der Waals surface area (Å²) in [6.45, 7) is 0.384. The first kappa shape index (κ1) is 9.47. The van der Waals surface area contributed by atoms with Crippen LogP contribution in [0.5, 0.6) is 0 Å². The van der Waals surface area contributed by atoms with E-state index < -0.39 is 0 Å². The van der Waals surface area contributed by atoms with Gasteiger partial charge in [0.2, 0.25) is 0 Å². The van der Waals surface area contributed by atoms with Crippen LogP contribution in [0.3, 0.4) is 0 Å². The number of aliphatic hydroxyl groups is 1. The summed E-state index contributed by atoms with van der Waals surface area (Å²) in [5.74, 6) is 0. The van der Waals surface area contributed by atoms with Crippen molar-refractivity contribution < 1.29 is 5.11 Å². The van der Waals surface area contributed by atoms with Gasteiger partial charge in [-0.15, -0.1) is 4.91 Å². The van der Waals surface area contributed by atoms with E-state index in [9.17, 15) is 4.91 Å². The number of benzene rings is 1. The number of hydrogen-bond donors (Lipinski definition) is 3. The minimum absolute atomic E-state index is 0.00265. The molecule has 5 heteroatoms. The second-order valence-corrected chi connectivity index (χ2v) is 2.52. The lowest BCUT2D eigenvalue weighted by atomic mass is 10.2. The first-order valence-corrected chi connectivity index (χ1v) is 3.85. The third-order valence-electron chi connectivity index (χ3n) is 1.55.